The molecular weight excluding hydrogens is 469 g/mol. The van der Waals surface area contributed by atoms with Gasteiger partial charge in [-0.15, -0.1) is 0 Å². The van der Waals surface area contributed by atoms with Crippen LogP contribution in [0.2, 0.25) is 0 Å². The summed E-state index contributed by atoms with van der Waals surface area (Å²) in [5, 5.41) is 3.03. The predicted molar refractivity (Wildman–Crippen MR) is 132 cm³/mol. The third-order valence-corrected chi connectivity index (χ3v) is 8.23. The molecule has 2 saturated heterocycles. The van der Waals surface area contributed by atoms with Gasteiger partial charge in [0.25, 0.3) is 0 Å². The highest BCUT2D eigenvalue weighted by Crippen LogP contribution is 2.42. The third kappa shape index (κ3) is 5.25. The van der Waals surface area contributed by atoms with Crippen LogP contribution >= 0.6 is 0 Å². The number of carbonyl (C=O) groups excluding carboxylic acids is 1. The molecule has 1 aliphatic carbocycles. The van der Waals surface area contributed by atoms with Gasteiger partial charge in [-0.3, -0.25) is 4.79 Å². The number of nitrogens with one attached hydrogen (secondary N) is 1. The Morgan fingerprint density at radius 3 is 2.53 bits per heavy atom. The lowest BCUT2D eigenvalue weighted by atomic mass is 9.74. The van der Waals surface area contributed by atoms with E-state index in [0.29, 0.717) is 37.4 Å². The summed E-state index contributed by atoms with van der Waals surface area (Å²) in [7, 11) is 1.68. The van der Waals surface area contributed by atoms with Crippen LogP contribution in [-0.4, -0.2) is 39.3 Å². The Bertz CT molecular complexity index is 1060. The number of ether oxygens (including phenoxy) is 2. The van der Waals surface area contributed by atoms with Gasteiger partial charge in [0, 0.05) is 38.0 Å². The van der Waals surface area contributed by atoms with Crippen molar-refractivity contribution in [3.63, 3.8) is 0 Å². The van der Waals surface area contributed by atoms with Crippen LogP contribution in [0.25, 0.3) is 0 Å². The molecule has 2 aromatic rings. The number of carbonyl (C=O) groups is 1. The quantitative estimate of drug-likeness (QED) is 0.516. The first kappa shape index (κ1) is 25.1. The summed E-state index contributed by atoms with van der Waals surface area (Å²) in [6.07, 6.45) is 0.301. The zero-order chi connectivity index (χ0) is 25.3. The van der Waals surface area contributed by atoms with Crippen LogP contribution in [0.15, 0.2) is 48.5 Å². The summed E-state index contributed by atoms with van der Waals surface area (Å²) in [6.45, 7) is 2.80. The second-order valence-corrected chi connectivity index (χ2v) is 10.5. The van der Waals surface area contributed by atoms with E-state index in [1.54, 1.807) is 19.2 Å². The van der Waals surface area contributed by atoms with Crippen molar-refractivity contribution in [3.05, 3.63) is 59.7 Å². The lowest BCUT2D eigenvalue weighted by Crippen LogP contribution is -2.48. The molecule has 8 heteroatoms. The second-order valence-electron chi connectivity index (χ2n) is 10.5. The fourth-order valence-electron chi connectivity index (χ4n) is 5.99. The molecule has 194 valence electrons. The molecule has 0 bridgehead atoms. The number of methoxy groups -OCH3 is 1. The van der Waals surface area contributed by atoms with Gasteiger partial charge in [-0.25, -0.2) is 0 Å². The van der Waals surface area contributed by atoms with Crippen molar-refractivity contribution >= 4 is 17.3 Å². The van der Waals surface area contributed by atoms with E-state index in [9.17, 15) is 18.0 Å². The Kier molecular flexibility index (Phi) is 7.01. The third-order valence-electron chi connectivity index (χ3n) is 8.23. The van der Waals surface area contributed by atoms with Crippen LogP contribution in [0.3, 0.4) is 0 Å². The van der Waals surface area contributed by atoms with Crippen molar-refractivity contribution in [1.29, 1.82) is 0 Å². The summed E-state index contributed by atoms with van der Waals surface area (Å²) < 4.78 is 49.6. The molecular formula is C28H33F3N2O3. The van der Waals surface area contributed by atoms with Gasteiger partial charge in [-0.2, -0.15) is 13.2 Å². The molecule has 5 nitrogen and oxygen atoms in total. The largest absolute Gasteiger partial charge is 0.416 e. The van der Waals surface area contributed by atoms with E-state index in [4.69, 9.17) is 9.47 Å². The first-order chi connectivity index (χ1) is 17.3. The smallest absolute Gasteiger partial charge is 0.375 e. The highest BCUT2D eigenvalue weighted by atomic mass is 19.4. The fourth-order valence-corrected chi connectivity index (χ4v) is 5.99. The van der Waals surface area contributed by atoms with Crippen LogP contribution in [0, 0.1) is 17.8 Å². The monoisotopic (exact) mass is 502 g/mol. The molecule has 1 amide bonds. The summed E-state index contributed by atoms with van der Waals surface area (Å²) in [5.41, 5.74) is 1.61. The zero-order valence-corrected chi connectivity index (χ0v) is 20.5. The number of anilines is 2. The lowest BCUT2D eigenvalue weighted by Gasteiger charge is -2.40. The average Bonchev–Trinajstić information content (AvgIpc) is 3.26. The minimum Gasteiger partial charge on any atom is -0.375 e. The molecule has 1 N–H and O–H groups in total. The molecule has 3 unspecified atom stereocenters. The van der Waals surface area contributed by atoms with Crippen LogP contribution in [0.1, 0.15) is 43.2 Å². The summed E-state index contributed by atoms with van der Waals surface area (Å²) in [4.78, 5) is 14.9. The van der Waals surface area contributed by atoms with Gasteiger partial charge in [0.05, 0.1) is 18.8 Å². The van der Waals surface area contributed by atoms with E-state index in [1.807, 2.05) is 24.3 Å². The molecule has 2 aliphatic heterocycles. The van der Waals surface area contributed by atoms with Gasteiger partial charge in [-0.1, -0.05) is 18.6 Å². The predicted octanol–water partition coefficient (Wildman–Crippen LogP) is 5.85. The Morgan fingerprint density at radius 2 is 1.86 bits per heavy atom. The number of halogens is 3. The number of fused-ring (bicyclic) bond motifs is 1. The number of benzene rings is 2. The molecule has 3 aliphatic rings. The number of hydrogen-bond donors (Lipinski definition) is 1. The number of rotatable bonds is 7. The Morgan fingerprint density at radius 1 is 1.11 bits per heavy atom. The van der Waals surface area contributed by atoms with Crippen LogP contribution in [0.4, 0.5) is 24.5 Å². The van der Waals surface area contributed by atoms with E-state index in [2.05, 4.69) is 10.2 Å². The highest BCUT2D eigenvalue weighted by molar-refractivity contribution is 5.90. The van der Waals surface area contributed by atoms with Crippen molar-refractivity contribution in [3.8, 4) is 0 Å². The van der Waals surface area contributed by atoms with E-state index >= 15 is 0 Å². The van der Waals surface area contributed by atoms with Gasteiger partial charge in [0.2, 0.25) is 5.91 Å². The lowest BCUT2D eigenvalue weighted by molar-refractivity contribution is -0.202. The van der Waals surface area contributed by atoms with Gasteiger partial charge in [-0.05, 0) is 79.0 Å². The zero-order valence-electron chi connectivity index (χ0n) is 20.5. The maximum atomic E-state index is 12.9. The minimum atomic E-state index is -4.31. The van der Waals surface area contributed by atoms with E-state index in [1.165, 1.54) is 12.1 Å². The summed E-state index contributed by atoms with van der Waals surface area (Å²) in [5.74, 6) is 1.62. The van der Waals surface area contributed by atoms with Gasteiger partial charge >= 0.3 is 6.18 Å². The van der Waals surface area contributed by atoms with Crippen molar-refractivity contribution in [2.45, 2.75) is 43.9 Å². The second kappa shape index (κ2) is 10.1. The molecule has 0 aromatic heterocycles. The maximum Gasteiger partial charge on any atom is 0.416 e. The minimum absolute atomic E-state index is 0.0170. The SMILES string of the molecule is COC1(c2cccc(NC(=O)CCC3CCC4CN(c5ccc(C(F)(F)F)cc5)CC4C3)c2)COC1. The molecule has 3 atom stereocenters. The Labute approximate surface area is 210 Å². The van der Waals surface area contributed by atoms with Crippen molar-refractivity contribution in [2.75, 3.05) is 43.6 Å². The maximum absolute atomic E-state index is 12.9. The van der Waals surface area contributed by atoms with E-state index in [0.717, 1.165) is 55.7 Å². The Hall–Kier alpha value is -2.58. The van der Waals surface area contributed by atoms with E-state index in [-0.39, 0.29) is 5.91 Å². The number of nitrogens with zero attached hydrogens (tertiary/aromatic N) is 1. The molecule has 1 saturated carbocycles. The van der Waals surface area contributed by atoms with Crippen LogP contribution in [-0.2, 0) is 26.0 Å². The molecule has 2 aromatic carbocycles. The normalized spacial score (nSPS) is 25.2. The van der Waals surface area contributed by atoms with E-state index < -0.39 is 17.3 Å². The standard InChI is InChI=1S/C28H33F3N2O3/c1-35-27(17-36-18-27)23-3-2-4-24(14-23)32-26(34)12-6-19-5-7-20-15-33(16-21(20)13-19)25-10-8-22(9-11-25)28(29,30)31/h2-4,8-11,14,19-21H,5-7,12-13,15-18H2,1H3,(H,32,34). The Balaban J connectivity index is 1.10. The summed E-state index contributed by atoms with van der Waals surface area (Å²) in [6, 6.07) is 13.3. The summed E-state index contributed by atoms with van der Waals surface area (Å²) >= 11 is 0. The molecule has 3 fully saturated rings. The number of amides is 1. The first-order valence-corrected chi connectivity index (χ1v) is 12.7. The highest BCUT2D eigenvalue weighted by Gasteiger charge is 2.41. The molecule has 0 spiro atoms. The van der Waals surface area contributed by atoms with Crippen molar-refractivity contribution in [1.82, 2.24) is 0 Å². The van der Waals surface area contributed by atoms with Gasteiger partial charge < -0.3 is 19.7 Å². The number of hydrogen-bond acceptors (Lipinski definition) is 4. The topological polar surface area (TPSA) is 50.8 Å². The van der Waals surface area contributed by atoms with Gasteiger partial charge in [0.15, 0.2) is 0 Å². The van der Waals surface area contributed by atoms with Gasteiger partial charge in [0.1, 0.15) is 5.60 Å². The van der Waals surface area contributed by atoms with Crippen molar-refractivity contribution < 1.29 is 27.4 Å². The first-order valence-electron chi connectivity index (χ1n) is 12.7. The average molecular weight is 503 g/mol. The molecule has 5 rings (SSSR count). The van der Waals surface area contributed by atoms with Crippen LogP contribution < -0.4 is 10.2 Å². The molecule has 2 heterocycles. The number of alkyl halides is 3. The van der Waals surface area contributed by atoms with Crippen molar-refractivity contribution in [2.24, 2.45) is 17.8 Å². The van der Waals surface area contributed by atoms with Crippen LogP contribution in [0.5, 0.6) is 0 Å². The molecule has 0 radical (unpaired) electrons. The fraction of sp³-hybridized carbons (Fsp3) is 0.536. The molecule has 36 heavy (non-hydrogen) atoms.